The lowest BCUT2D eigenvalue weighted by molar-refractivity contribution is 0.310. The van der Waals surface area contributed by atoms with E-state index in [9.17, 15) is 26.7 Å². The SMILES string of the molecule is Cc1[nH]n2nc(CCCOc3ccc(NCCCS(=O)(=O)O)cc3)nc2c1N=Nc1c(C#N)cnn1-c1ccccc1S(=O)(=O)O. The van der Waals surface area contributed by atoms with E-state index in [2.05, 4.69) is 35.8 Å². The summed E-state index contributed by atoms with van der Waals surface area (Å²) in [4.78, 5) is 4.15. The van der Waals surface area contributed by atoms with Gasteiger partial charge in [0.2, 0.25) is 5.65 Å². The molecule has 2 aromatic carbocycles. The van der Waals surface area contributed by atoms with Gasteiger partial charge in [-0.05, 0) is 56.2 Å². The summed E-state index contributed by atoms with van der Waals surface area (Å²) in [6, 6.07) is 14.8. The first-order valence-corrected chi connectivity index (χ1v) is 16.8. The molecule has 0 atom stereocenters. The Bertz CT molecular complexity index is 2150. The number of hydrogen-bond donors (Lipinski definition) is 4. The van der Waals surface area contributed by atoms with Crippen molar-refractivity contribution in [1.82, 2.24) is 29.6 Å². The Labute approximate surface area is 263 Å². The quantitative estimate of drug-likeness (QED) is 0.0750. The summed E-state index contributed by atoms with van der Waals surface area (Å²) >= 11 is 0. The lowest BCUT2D eigenvalue weighted by Crippen LogP contribution is -2.10. The number of para-hydroxylation sites is 1. The first-order chi connectivity index (χ1) is 21.9. The molecule has 0 amide bonds. The molecular weight excluding hydrogens is 640 g/mol. The molecule has 4 N–H and O–H groups in total. The number of nitrogens with zero attached hydrogens (tertiary/aromatic N) is 8. The van der Waals surface area contributed by atoms with Gasteiger partial charge < -0.3 is 10.1 Å². The van der Waals surface area contributed by atoms with E-state index in [0.29, 0.717) is 54.6 Å². The third-order valence-electron chi connectivity index (χ3n) is 6.55. The highest BCUT2D eigenvalue weighted by atomic mass is 32.2. The number of fused-ring (bicyclic) bond motifs is 1. The van der Waals surface area contributed by atoms with Gasteiger partial charge in [-0.15, -0.1) is 15.3 Å². The van der Waals surface area contributed by atoms with Crippen LogP contribution in [0.5, 0.6) is 5.75 Å². The molecule has 19 heteroatoms. The fourth-order valence-electron chi connectivity index (χ4n) is 4.41. The number of nitriles is 1. The van der Waals surface area contributed by atoms with Crippen LogP contribution in [0, 0.1) is 18.3 Å². The molecule has 0 saturated carbocycles. The van der Waals surface area contributed by atoms with Crippen molar-refractivity contribution in [3.8, 4) is 17.5 Å². The van der Waals surface area contributed by atoms with Crippen LogP contribution in [0.2, 0.25) is 0 Å². The highest BCUT2D eigenvalue weighted by Gasteiger charge is 2.21. The molecule has 0 radical (unpaired) electrons. The fraction of sp³-hybridized carbons (Fsp3) is 0.259. The van der Waals surface area contributed by atoms with Crippen molar-refractivity contribution in [1.29, 1.82) is 5.26 Å². The third-order valence-corrected chi connectivity index (χ3v) is 8.25. The van der Waals surface area contributed by atoms with Crippen molar-refractivity contribution in [3.05, 3.63) is 71.8 Å². The third kappa shape index (κ3) is 7.73. The molecule has 0 fully saturated rings. The van der Waals surface area contributed by atoms with E-state index in [-0.39, 0.29) is 29.2 Å². The summed E-state index contributed by atoms with van der Waals surface area (Å²) in [7, 11) is -8.57. The van der Waals surface area contributed by atoms with E-state index in [1.165, 1.54) is 29.0 Å². The van der Waals surface area contributed by atoms with Crippen LogP contribution >= 0.6 is 0 Å². The molecule has 5 aromatic rings. The van der Waals surface area contributed by atoms with Crippen molar-refractivity contribution in [2.45, 2.75) is 31.1 Å². The van der Waals surface area contributed by atoms with Gasteiger partial charge in [-0.2, -0.15) is 31.8 Å². The van der Waals surface area contributed by atoms with Crippen molar-refractivity contribution in [2.75, 3.05) is 24.2 Å². The molecule has 46 heavy (non-hydrogen) atoms. The molecule has 0 aliphatic heterocycles. The van der Waals surface area contributed by atoms with E-state index < -0.39 is 25.1 Å². The summed E-state index contributed by atoms with van der Waals surface area (Å²) in [5.74, 6) is 0.831. The predicted octanol–water partition coefficient (Wildman–Crippen LogP) is 3.79. The average molecular weight is 669 g/mol. The van der Waals surface area contributed by atoms with Gasteiger partial charge >= 0.3 is 0 Å². The molecular formula is C27H28N10O7S2. The molecule has 0 aliphatic rings. The minimum atomic E-state index is -4.60. The topological polar surface area (TPSA) is 242 Å². The minimum absolute atomic E-state index is 0.00949. The van der Waals surface area contributed by atoms with Gasteiger partial charge in [0.05, 0.1) is 29.9 Å². The summed E-state index contributed by atoms with van der Waals surface area (Å²) in [6.07, 6.45) is 2.60. The number of aromatic amines is 1. The van der Waals surface area contributed by atoms with Crippen molar-refractivity contribution in [3.63, 3.8) is 0 Å². The highest BCUT2D eigenvalue weighted by molar-refractivity contribution is 7.86. The van der Waals surface area contributed by atoms with Gasteiger partial charge in [-0.3, -0.25) is 14.2 Å². The number of H-pyrrole nitrogens is 1. The Hall–Kier alpha value is -5.16. The molecule has 5 rings (SSSR count). The first kappa shape index (κ1) is 32.2. The summed E-state index contributed by atoms with van der Waals surface area (Å²) in [6.45, 7) is 2.53. The van der Waals surface area contributed by atoms with Crippen LogP contribution in [0.25, 0.3) is 11.3 Å². The molecule has 0 aliphatic carbocycles. The van der Waals surface area contributed by atoms with Crippen molar-refractivity contribution < 1.29 is 30.7 Å². The maximum atomic E-state index is 11.9. The first-order valence-electron chi connectivity index (χ1n) is 13.8. The standard InChI is InChI=1S/C27H28N10O7S2/c1-18-25(32-33-26-19(16-28)17-30-36(26)22-6-2-3-7-23(22)46(41,42)43)27-31-24(35-37(27)34-18)8-4-14-44-21-11-9-20(10-12-21)29-13-5-15-45(38,39)40/h2-3,6-7,9-12,17,29,34H,4-5,8,13-15H2,1H3,(H,38,39,40)(H,41,42,43). The van der Waals surface area contributed by atoms with Gasteiger partial charge in [0.25, 0.3) is 20.2 Å². The molecule has 0 saturated heterocycles. The van der Waals surface area contributed by atoms with Crippen LogP contribution in [-0.2, 0) is 26.7 Å². The van der Waals surface area contributed by atoms with E-state index in [1.807, 2.05) is 6.07 Å². The molecule has 240 valence electrons. The number of benzene rings is 2. The zero-order valence-electron chi connectivity index (χ0n) is 24.3. The number of anilines is 1. The van der Waals surface area contributed by atoms with Crippen molar-refractivity contribution >= 4 is 43.1 Å². The molecule has 3 heterocycles. The molecule has 0 bridgehead atoms. The van der Waals surface area contributed by atoms with Gasteiger partial charge in [0, 0.05) is 18.7 Å². The van der Waals surface area contributed by atoms with E-state index >= 15 is 0 Å². The van der Waals surface area contributed by atoms with Crippen LogP contribution in [-0.4, -0.2) is 74.4 Å². The summed E-state index contributed by atoms with van der Waals surface area (Å²) in [5, 5.41) is 32.8. The molecule has 0 spiro atoms. The second-order valence-corrected chi connectivity index (χ2v) is 12.9. The lowest BCUT2D eigenvalue weighted by atomic mass is 10.3. The Morgan fingerprint density at radius 3 is 2.54 bits per heavy atom. The van der Waals surface area contributed by atoms with Crippen LogP contribution in [0.15, 0.2) is 69.9 Å². The number of hydrogen-bond acceptors (Lipinski definition) is 12. The number of ether oxygens (including phenoxy) is 1. The van der Waals surface area contributed by atoms with Crippen LogP contribution in [0.1, 0.15) is 29.9 Å². The zero-order chi connectivity index (χ0) is 32.9. The Morgan fingerprint density at radius 2 is 1.83 bits per heavy atom. The monoisotopic (exact) mass is 668 g/mol. The zero-order valence-corrected chi connectivity index (χ0v) is 25.9. The Kier molecular flexibility index (Phi) is 9.43. The van der Waals surface area contributed by atoms with E-state index in [4.69, 9.17) is 9.29 Å². The van der Waals surface area contributed by atoms with E-state index in [0.717, 1.165) is 10.4 Å². The second-order valence-electron chi connectivity index (χ2n) is 9.94. The Balaban J connectivity index is 1.23. The lowest BCUT2D eigenvalue weighted by Gasteiger charge is -2.08. The molecule has 17 nitrogen and oxygen atoms in total. The Morgan fingerprint density at radius 1 is 1.07 bits per heavy atom. The number of aromatic nitrogens is 6. The summed E-state index contributed by atoms with van der Waals surface area (Å²) in [5.41, 5.74) is 2.14. The van der Waals surface area contributed by atoms with E-state index in [1.54, 1.807) is 37.3 Å². The molecule has 0 unspecified atom stereocenters. The number of azo groups is 1. The minimum Gasteiger partial charge on any atom is -0.494 e. The average Bonchev–Trinajstić information content (AvgIpc) is 3.68. The van der Waals surface area contributed by atoms with Gasteiger partial charge in [-0.25, -0.2) is 9.67 Å². The number of rotatable bonds is 14. The maximum Gasteiger partial charge on any atom is 0.296 e. The van der Waals surface area contributed by atoms with Crippen LogP contribution in [0.3, 0.4) is 0 Å². The molecule has 3 aromatic heterocycles. The number of nitrogens with one attached hydrogen (secondary N) is 2. The van der Waals surface area contributed by atoms with Gasteiger partial charge in [0.1, 0.15) is 22.3 Å². The van der Waals surface area contributed by atoms with Crippen LogP contribution < -0.4 is 10.1 Å². The maximum absolute atomic E-state index is 11.9. The number of aryl methyl sites for hydroxylation is 2. The fourth-order valence-corrected chi connectivity index (χ4v) is 5.59. The normalized spacial score (nSPS) is 12.1. The largest absolute Gasteiger partial charge is 0.494 e. The summed E-state index contributed by atoms with van der Waals surface area (Å²) < 4.78 is 72.3. The van der Waals surface area contributed by atoms with Gasteiger partial charge in [0.15, 0.2) is 17.3 Å². The van der Waals surface area contributed by atoms with Crippen molar-refractivity contribution in [2.24, 2.45) is 10.2 Å². The second kappa shape index (κ2) is 13.5. The van der Waals surface area contributed by atoms with Crippen LogP contribution in [0.4, 0.5) is 17.2 Å². The smallest absolute Gasteiger partial charge is 0.296 e. The predicted molar refractivity (Wildman–Crippen MR) is 164 cm³/mol. The highest BCUT2D eigenvalue weighted by Crippen LogP contribution is 2.30. The van der Waals surface area contributed by atoms with Gasteiger partial charge in [-0.1, -0.05) is 12.1 Å².